The van der Waals surface area contributed by atoms with E-state index in [0.717, 1.165) is 0 Å². The molecule has 0 aliphatic heterocycles. The van der Waals surface area contributed by atoms with E-state index in [4.69, 9.17) is 0 Å². The molecule has 0 heterocycles. The third-order valence-corrected chi connectivity index (χ3v) is 3.77. The van der Waals surface area contributed by atoms with Crippen LogP contribution in [0.3, 0.4) is 0 Å². The number of aliphatic hydroxyl groups is 1. The highest BCUT2D eigenvalue weighted by molar-refractivity contribution is 6.33. The van der Waals surface area contributed by atoms with Crippen LogP contribution in [0.1, 0.15) is 26.3 Å². The van der Waals surface area contributed by atoms with Gasteiger partial charge < -0.3 is 5.11 Å². The average Bonchev–Trinajstić information content (AvgIpc) is 2.70. The van der Waals surface area contributed by atoms with Crippen LogP contribution in [0.5, 0.6) is 0 Å². The van der Waals surface area contributed by atoms with Crippen LogP contribution in [0.25, 0.3) is 0 Å². The first-order valence-corrected chi connectivity index (χ1v) is 6.17. The minimum absolute atomic E-state index is 0.302. The molecule has 0 fully saturated rings. The standard InChI is InChI=1S/C16H11FO3/c17-11-7-5-10(6-8-11)16(9-18)14(19)12-3-1-2-4-13(12)15(16)20/h1-8,18H,9H2. The van der Waals surface area contributed by atoms with Gasteiger partial charge in [-0.1, -0.05) is 36.4 Å². The maximum atomic E-state index is 13.0. The number of rotatable bonds is 2. The molecule has 0 atom stereocenters. The molecule has 0 spiro atoms. The largest absolute Gasteiger partial charge is 0.394 e. The maximum Gasteiger partial charge on any atom is 0.184 e. The number of hydrogen-bond acceptors (Lipinski definition) is 3. The predicted octanol–water partition coefficient (Wildman–Crippen LogP) is 2.13. The second kappa shape index (κ2) is 4.35. The Balaban J connectivity index is 2.23. The van der Waals surface area contributed by atoms with Crippen LogP contribution in [0, 0.1) is 5.82 Å². The van der Waals surface area contributed by atoms with Gasteiger partial charge in [-0.15, -0.1) is 0 Å². The summed E-state index contributed by atoms with van der Waals surface area (Å²) in [5.41, 5.74) is -0.725. The van der Waals surface area contributed by atoms with Crippen LogP contribution in [-0.2, 0) is 5.41 Å². The fourth-order valence-electron chi connectivity index (χ4n) is 2.67. The summed E-state index contributed by atoms with van der Waals surface area (Å²) in [6, 6.07) is 11.6. The lowest BCUT2D eigenvalue weighted by molar-refractivity contribution is 0.0711. The minimum atomic E-state index is -1.64. The van der Waals surface area contributed by atoms with E-state index in [1.165, 1.54) is 24.3 Å². The van der Waals surface area contributed by atoms with E-state index >= 15 is 0 Å². The fraction of sp³-hybridized carbons (Fsp3) is 0.125. The zero-order valence-electron chi connectivity index (χ0n) is 10.5. The van der Waals surface area contributed by atoms with Gasteiger partial charge in [-0.05, 0) is 17.7 Å². The van der Waals surface area contributed by atoms with Gasteiger partial charge in [0.25, 0.3) is 0 Å². The Morgan fingerprint density at radius 3 is 1.85 bits per heavy atom. The molecule has 2 aromatic carbocycles. The van der Waals surface area contributed by atoms with Crippen molar-refractivity contribution in [3.8, 4) is 0 Å². The first-order chi connectivity index (χ1) is 9.61. The molecular weight excluding hydrogens is 259 g/mol. The van der Waals surface area contributed by atoms with Gasteiger partial charge in [0.2, 0.25) is 0 Å². The fourth-order valence-corrected chi connectivity index (χ4v) is 2.67. The van der Waals surface area contributed by atoms with Crippen molar-refractivity contribution in [1.82, 2.24) is 0 Å². The van der Waals surface area contributed by atoms with Crippen molar-refractivity contribution >= 4 is 11.6 Å². The van der Waals surface area contributed by atoms with Crippen molar-refractivity contribution in [1.29, 1.82) is 0 Å². The second-order valence-electron chi connectivity index (χ2n) is 4.77. The molecule has 4 heteroatoms. The van der Waals surface area contributed by atoms with Gasteiger partial charge >= 0.3 is 0 Å². The lowest BCUT2D eigenvalue weighted by Gasteiger charge is -2.23. The van der Waals surface area contributed by atoms with Crippen LogP contribution >= 0.6 is 0 Å². The topological polar surface area (TPSA) is 54.4 Å². The van der Waals surface area contributed by atoms with E-state index in [1.807, 2.05) is 0 Å². The monoisotopic (exact) mass is 270 g/mol. The predicted molar refractivity (Wildman–Crippen MR) is 70.3 cm³/mol. The molecule has 20 heavy (non-hydrogen) atoms. The smallest absolute Gasteiger partial charge is 0.184 e. The highest BCUT2D eigenvalue weighted by Crippen LogP contribution is 2.39. The van der Waals surface area contributed by atoms with Crippen molar-refractivity contribution in [2.75, 3.05) is 6.61 Å². The van der Waals surface area contributed by atoms with E-state index in [2.05, 4.69) is 0 Å². The Morgan fingerprint density at radius 2 is 1.40 bits per heavy atom. The summed E-state index contributed by atoms with van der Waals surface area (Å²) >= 11 is 0. The molecule has 0 aromatic heterocycles. The van der Waals surface area contributed by atoms with E-state index < -0.39 is 29.4 Å². The van der Waals surface area contributed by atoms with Crippen LogP contribution < -0.4 is 0 Å². The summed E-state index contributed by atoms with van der Waals surface area (Å²) in [5.74, 6) is -1.34. The van der Waals surface area contributed by atoms with Crippen molar-refractivity contribution in [2.24, 2.45) is 0 Å². The average molecular weight is 270 g/mol. The van der Waals surface area contributed by atoms with E-state index in [1.54, 1.807) is 24.3 Å². The zero-order valence-corrected chi connectivity index (χ0v) is 10.5. The Hall–Kier alpha value is -2.33. The molecule has 2 aromatic rings. The van der Waals surface area contributed by atoms with Crippen LogP contribution in [0.15, 0.2) is 48.5 Å². The lowest BCUT2D eigenvalue weighted by Crippen LogP contribution is -2.42. The Kier molecular flexibility index (Phi) is 2.76. The normalized spacial score (nSPS) is 16.3. The Labute approximate surface area is 114 Å². The molecule has 0 saturated carbocycles. The summed E-state index contributed by atoms with van der Waals surface area (Å²) in [5, 5.41) is 9.72. The highest BCUT2D eigenvalue weighted by atomic mass is 19.1. The van der Waals surface area contributed by atoms with Crippen LogP contribution in [0.4, 0.5) is 4.39 Å². The van der Waals surface area contributed by atoms with Crippen molar-refractivity contribution in [2.45, 2.75) is 5.41 Å². The molecule has 0 unspecified atom stereocenters. The quantitative estimate of drug-likeness (QED) is 0.851. The van der Waals surface area contributed by atoms with Crippen LogP contribution in [0.2, 0.25) is 0 Å². The number of carbonyl (C=O) groups excluding carboxylic acids is 2. The molecule has 0 bridgehead atoms. The third kappa shape index (κ3) is 1.48. The summed E-state index contributed by atoms with van der Waals surface area (Å²) in [6.45, 7) is -0.634. The van der Waals surface area contributed by atoms with Crippen molar-refractivity contribution in [3.05, 3.63) is 71.0 Å². The SMILES string of the molecule is O=C1c2ccccc2C(=O)C1(CO)c1ccc(F)cc1. The van der Waals surface area contributed by atoms with Gasteiger partial charge in [0.05, 0.1) is 6.61 Å². The lowest BCUT2D eigenvalue weighted by atomic mass is 9.77. The molecule has 3 rings (SSSR count). The summed E-state index contributed by atoms with van der Waals surface area (Å²) < 4.78 is 13.0. The van der Waals surface area contributed by atoms with E-state index in [0.29, 0.717) is 16.7 Å². The molecular formula is C16H11FO3. The molecule has 0 amide bonds. The van der Waals surface area contributed by atoms with E-state index in [-0.39, 0.29) is 0 Å². The van der Waals surface area contributed by atoms with Crippen molar-refractivity contribution in [3.63, 3.8) is 0 Å². The molecule has 0 radical (unpaired) electrons. The van der Waals surface area contributed by atoms with Gasteiger partial charge in [-0.2, -0.15) is 0 Å². The highest BCUT2D eigenvalue weighted by Gasteiger charge is 2.53. The van der Waals surface area contributed by atoms with Gasteiger partial charge in [-0.3, -0.25) is 9.59 Å². The third-order valence-electron chi connectivity index (χ3n) is 3.77. The number of halogens is 1. The molecule has 1 N–H and O–H groups in total. The number of fused-ring (bicyclic) bond motifs is 1. The zero-order chi connectivity index (χ0) is 14.3. The summed E-state index contributed by atoms with van der Waals surface area (Å²) in [4.78, 5) is 25.1. The first-order valence-electron chi connectivity index (χ1n) is 6.17. The maximum absolute atomic E-state index is 13.0. The number of aliphatic hydroxyl groups excluding tert-OH is 1. The van der Waals surface area contributed by atoms with E-state index in [9.17, 15) is 19.1 Å². The number of Topliss-reactive ketones (excluding diaryl/α,β-unsaturated/α-hetero) is 2. The Morgan fingerprint density at radius 1 is 0.900 bits per heavy atom. The number of carbonyl (C=O) groups is 2. The summed E-state index contributed by atoms with van der Waals surface area (Å²) in [7, 11) is 0. The molecule has 1 aliphatic carbocycles. The number of hydrogen-bond donors (Lipinski definition) is 1. The van der Waals surface area contributed by atoms with Crippen molar-refractivity contribution < 1.29 is 19.1 Å². The Bertz CT molecular complexity index is 669. The van der Waals surface area contributed by atoms with Gasteiger partial charge in [0.1, 0.15) is 11.2 Å². The molecule has 0 saturated heterocycles. The van der Waals surface area contributed by atoms with Gasteiger partial charge in [0, 0.05) is 11.1 Å². The second-order valence-corrected chi connectivity index (χ2v) is 4.77. The summed E-state index contributed by atoms with van der Waals surface area (Å²) in [6.07, 6.45) is 0. The minimum Gasteiger partial charge on any atom is -0.394 e. The number of benzene rings is 2. The van der Waals surface area contributed by atoms with Gasteiger partial charge in [0.15, 0.2) is 11.6 Å². The van der Waals surface area contributed by atoms with Gasteiger partial charge in [-0.25, -0.2) is 4.39 Å². The first kappa shape index (κ1) is 12.7. The van der Waals surface area contributed by atoms with Crippen LogP contribution in [-0.4, -0.2) is 23.3 Å². The molecule has 1 aliphatic rings. The molecule has 3 nitrogen and oxygen atoms in total. The molecule has 100 valence electrons. The number of ketones is 2.